The van der Waals surface area contributed by atoms with Gasteiger partial charge in [-0.1, -0.05) is 24.3 Å². The Hall–Kier alpha value is -2.59. The lowest BCUT2D eigenvalue weighted by atomic mass is 10.1. The van der Waals surface area contributed by atoms with Crippen LogP contribution in [0.4, 0.5) is 23.7 Å². The molecule has 6 nitrogen and oxygen atoms in total. The standard InChI is InChI=1S/C17H18F3N3O3S/c18-17(19,20)13-6-1-4-12(10-13)5-3-9-22-16(24)23-14-7-2-8-15(11-14)27(21,25)26/h1-2,4,6-8,10-11H,3,5,9H2,(H2,21,25,26)(H2,22,23,24). The molecule has 0 heterocycles. The van der Waals surface area contributed by atoms with E-state index in [2.05, 4.69) is 10.6 Å². The number of aryl methyl sites for hydroxylation is 1. The molecule has 2 rings (SSSR count). The molecule has 0 spiro atoms. The molecule has 0 saturated carbocycles. The molecule has 0 aromatic heterocycles. The Bertz CT molecular complexity index is 915. The van der Waals surface area contributed by atoms with Gasteiger partial charge in [0.2, 0.25) is 10.0 Å². The lowest BCUT2D eigenvalue weighted by Gasteiger charge is -2.10. The highest BCUT2D eigenvalue weighted by molar-refractivity contribution is 7.89. The third-order valence-electron chi connectivity index (χ3n) is 3.60. The maximum atomic E-state index is 12.7. The summed E-state index contributed by atoms with van der Waals surface area (Å²) in [5.41, 5.74) is 0.0604. The summed E-state index contributed by atoms with van der Waals surface area (Å²) in [5.74, 6) is 0. The summed E-state index contributed by atoms with van der Waals surface area (Å²) in [6.45, 7) is 0.233. The van der Waals surface area contributed by atoms with Crippen molar-refractivity contribution in [2.75, 3.05) is 11.9 Å². The first-order chi connectivity index (χ1) is 12.6. The summed E-state index contributed by atoms with van der Waals surface area (Å²) < 4.78 is 60.5. The summed E-state index contributed by atoms with van der Waals surface area (Å²) in [5, 5.41) is 10.0. The first kappa shape index (κ1) is 20.7. The van der Waals surface area contributed by atoms with Gasteiger partial charge in [0.1, 0.15) is 0 Å². The number of anilines is 1. The molecule has 0 bridgehead atoms. The molecule has 146 valence electrons. The van der Waals surface area contributed by atoms with Gasteiger partial charge in [0, 0.05) is 12.2 Å². The third kappa shape index (κ3) is 6.57. The maximum Gasteiger partial charge on any atom is 0.416 e. The van der Waals surface area contributed by atoms with E-state index in [1.54, 1.807) is 6.07 Å². The maximum absolute atomic E-state index is 12.7. The molecule has 0 unspecified atom stereocenters. The number of benzene rings is 2. The Kier molecular flexibility index (Phi) is 6.45. The second kappa shape index (κ2) is 8.40. The number of nitrogens with two attached hydrogens (primary N) is 1. The van der Waals surface area contributed by atoms with Crippen molar-refractivity contribution >= 4 is 21.7 Å². The van der Waals surface area contributed by atoms with E-state index in [-0.39, 0.29) is 17.1 Å². The van der Waals surface area contributed by atoms with Crippen molar-refractivity contribution in [1.82, 2.24) is 5.32 Å². The van der Waals surface area contributed by atoms with Gasteiger partial charge in [-0.15, -0.1) is 0 Å². The molecule has 0 atom stereocenters. The molecule has 0 fully saturated rings. The van der Waals surface area contributed by atoms with Crippen LogP contribution in [0.25, 0.3) is 0 Å². The third-order valence-corrected chi connectivity index (χ3v) is 4.51. The zero-order valence-electron chi connectivity index (χ0n) is 14.1. The van der Waals surface area contributed by atoms with Gasteiger partial charge in [0.05, 0.1) is 10.5 Å². The second-order valence-corrected chi connectivity index (χ2v) is 7.32. The second-order valence-electron chi connectivity index (χ2n) is 5.76. The van der Waals surface area contributed by atoms with Crippen LogP contribution in [0.15, 0.2) is 53.4 Å². The highest BCUT2D eigenvalue weighted by atomic mass is 32.2. The number of carbonyl (C=O) groups is 1. The summed E-state index contributed by atoms with van der Waals surface area (Å²) in [7, 11) is -3.88. The minimum atomic E-state index is -4.39. The van der Waals surface area contributed by atoms with Crippen LogP contribution < -0.4 is 15.8 Å². The van der Waals surface area contributed by atoms with Gasteiger partial charge >= 0.3 is 12.2 Å². The fourth-order valence-corrected chi connectivity index (χ4v) is 2.88. The van der Waals surface area contributed by atoms with Crippen molar-refractivity contribution < 1.29 is 26.4 Å². The Morgan fingerprint density at radius 1 is 1.07 bits per heavy atom. The summed E-state index contributed by atoms with van der Waals surface area (Å²) in [4.78, 5) is 11.7. The van der Waals surface area contributed by atoms with Gasteiger partial charge in [-0.2, -0.15) is 13.2 Å². The number of halogens is 3. The molecule has 27 heavy (non-hydrogen) atoms. The molecular formula is C17H18F3N3O3S. The molecule has 4 N–H and O–H groups in total. The molecule has 0 aliphatic rings. The number of urea groups is 1. The van der Waals surface area contributed by atoms with Crippen molar-refractivity contribution in [2.45, 2.75) is 23.9 Å². The number of amides is 2. The van der Waals surface area contributed by atoms with Crippen molar-refractivity contribution in [3.05, 3.63) is 59.7 Å². The predicted molar refractivity (Wildman–Crippen MR) is 94.6 cm³/mol. The average Bonchev–Trinajstić information content (AvgIpc) is 2.58. The first-order valence-corrected chi connectivity index (χ1v) is 9.44. The van der Waals surface area contributed by atoms with Crippen molar-refractivity contribution in [3.63, 3.8) is 0 Å². The SMILES string of the molecule is NS(=O)(=O)c1cccc(NC(=O)NCCCc2cccc(C(F)(F)F)c2)c1. The van der Waals surface area contributed by atoms with E-state index in [9.17, 15) is 26.4 Å². The van der Waals surface area contributed by atoms with Crippen molar-refractivity contribution in [2.24, 2.45) is 5.14 Å². The number of rotatable bonds is 6. The fraction of sp³-hybridized carbons (Fsp3) is 0.235. The van der Waals surface area contributed by atoms with E-state index in [0.29, 0.717) is 18.4 Å². The van der Waals surface area contributed by atoms with Crippen LogP contribution in [0.3, 0.4) is 0 Å². The Labute approximate surface area is 154 Å². The number of nitrogens with one attached hydrogen (secondary N) is 2. The normalized spacial score (nSPS) is 11.9. The van der Waals surface area contributed by atoms with Gasteiger partial charge in [0.25, 0.3) is 0 Å². The molecule has 0 aliphatic carbocycles. The van der Waals surface area contributed by atoms with E-state index >= 15 is 0 Å². The van der Waals surface area contributed by atoms with Crippen LogP contribution in [0.2, 0.25) is 0 Å². The molecule has 0 radical (unpaired) electrons. The van der Waals surface area contributed by atoms with Gasteiger partial charge in [-0.05, 0) is 42.7 Å². The molecular weight excluding hydrogens is 383 g/mol. The summed E-state index contributed by atoms with van der Waals surface area (Å²) in [6.07, 6.45) is -3.59. The van der Waals surface area contributed by atoms with Gasteiger partial charge in [-0.3, -0.25) is 0 Å². The van der Waals surface area contributed by atoms with E-state index in [0.717, 1.165) is 12.1 Å². The van der Waals surface area contributed by atoms with Crippen molar-refractivity contribution in [1.29, 1.82) is 0 Å². The number of sulfonamides is 1. The van der Waals surface area contributed by atoms with E-state index in [1.165, 1.54) is 30.3 Å². The minimum absolute atomic E-state index is 0.134. The first-order valence-electron chi connectivity index (χ1n) is 7.89. The molecule has 2 aromatic carbocycles. The lowest BCUT2D eigenvalue weighted by Crippen LogP contribution is -2.29. The smallest absolute Gasteiger partial charge is 0.338 e. The molecule has 0 aliphatic heterocycles. The monoisotopic (exact) mass is 401 g/mol. The number of primary sulfonamides is 1. The zero-order chi connectivity index (χ0) is 20.1. The minimum Gasteiger partial charge on any atom is -0.338 e. The molecule has 10 heteroatoms. The van der Waals surface area contributed by atoms with E-state index in [4.69, 9.17) is 5.14 Å². The average molecular weight is 401 g/mol. The number of carbonyl (C=O) groups excluding carboxylic acids is 1. The van der Waals surface area contributed by atoms with Crippen LogP contribution in [0.5, 0.6) is 0 Å². The van der Waals surface area contributed by atoms with Crippen LogP contribution in [-0.4, -0.2) is 21.0 Å². The Morgan fingerprint density at radius 2 is 1.78 bits per heavy atom. The van der Waals surface area contributed by atoms with Crippen LogP contribution in [0.1, 0.15) is 17.5 Å². The topological polar surface area (TPSA) is 101 Å². The lowest BCUT2D eigenvalue weighted by molar-refractivity contribution is -0.137. The Balaban J connectivity index is 1.82. The molecule has 2 aromatic rings. The fourth-order valence-electron chi connectivity index (χ4n) is 2.32. The predicted octanol–water partition coefficient (Wildman–Crippen LogP) is 3.11. The quantitative estimate of drug-likeness (QED) is 0.648. The number of alkyl halides is 3. The Morgan fingerprint density at radius 3 is 2.44 bits per heavy atom. The van der Waals surface area contributed by atoms with Crippen LogP contribution >= 0.6 is 0 Å². The summed E-state index contributed by atoms with van der Waals surface area (Å²) >= 11 is 0. The van der Waals surface area contributed by atoms with Crippen LogP contribution in [0, 0.1) is 0 Å². The summed E-state index contributed by atoms with van der Waals surface area (Å²) in [6, 6.07) is 9.91. The van der Waals surface area contributed by atoms with Gasteiger partial charge in [0.15, 0.2) is 0 Å². The van der Waals surface area contributed by atoms with Crippen LogP contribution in [-0.2, 0) is 22.6 Å². The number of hydrogen-bond donors (Lipinski definition) is 3. The van der Waals surface area contributed by atoms with Crippen molar-refractivity contribution in [3.8, 4) is 0 Å². The number of hydrogen-bond acceptors (Lipinski definition) is 3. The molecule has 0 saturated heterocycles. The highest BCUT2D eigenvalue weighted by Crippen LogP contribution is 2.29. The van der Waals surface area contributed by atoms with Gasteiger partial charge in [-0.25, -0.2) is 18.4 Å². The highest BCUT2D eigenvalue weighted by Gasteiger charge is 2.30. The molecule has 2 amide bonds. The van der Waals surface area contributed by atoms with Gasteiger partial charge < -0.3 is 10.6 Å². The van der Waals surface area contributed by atoms with E-state index in [1.807, 2.05) is 0 Å². The van der Waals surface area contributed by atoms with E-state index < -0.39 is 27.8 Å². The zero-order valence-corrected chi connectivity index (χ0v) is 14.9. The largest absolute Gasteiger partial charge is 0.416 e.